The van der Waals surface area contributed by atoms with E-state index in [0.29, 0.717) is 5.75 Å². The Morgan fingerprint density at radius 1 is 0.839 bits per heavy atom. The zero-order valence-electron chi connectivity index (χ0n) is 16.6. The SMILES string of the molecule is c1ccc(-n2c(CSc3nc4ccccc4s3)nnc2SCCc2ccncc2)cc1. The minimum absolute atomic E-state index is 0.715. The summed E-state index contributed by atoms with van der Waals surface area (Å²) in [5.74, 6) is 2.58. The third kappa shape index (κ3) is 4.81. The van der Waals surface area contributed by atoms with Crippen molar-refractivity contribution in [3.63, 3.8) is 0 Å². The number of benzene rings is 2. The number of para-hydroxylation sites is 2. The average molecular weight is 462 g/mol. The molecule has 3 heterocycles. The third-order valence-corrected chi connectivity index (χ3v) is 7.79. The molecule has 0 bridgehead atoms. The minimum Gasteiger partial charge on any atom is -0.273 e. The smallest absolute Gasteiger partial charge is 0.195 e. The molecule has 31 heavy (non-hydrogen) atoms. The molecule has 0 saturated carbocycles. The molecule has 0 radical (unpaired) electrons. The molecule has 5 nitrogen and oxygen atoms in total. The lowest BCUT2D eigenvalue weighted by atomic mass is 10.2. The first-order valence-corrected chi connectivity index (χ1v) is 12.7. The Bertz CT molecular complexity index is 1240. The van der Waals surface area contributed by atoms with Gasteiger partial charge in [0.1, 0.15) is 5.82 Å². The van der Waals surface area contributed by atoms with Gasteiger partial charge in [0, 0.05) is 23.8 Å². The highest BCUT2D eigenvalue weighted by Crippen LogP contribution is 2.32. The van der Waals surface area contributed by atoms with Crippen molar-refractivity contribution in [1.29, 1.82) is 0 Å². The molecule has 0 fully saturated rings. The summed E-state index contributed by atoms with van der Waals surface area (Å²) in [7, 11) is 0. The van der Waals surface area contributed by atoms with E-state index in [1.54, 1.807) is 34.9 Å². The molecule has 5 rings (SSSR count). The number of rotatable bonds is 8. The van der Waals surface area contributed by atoms with Gasteiger partial charge in [-0.15, -0.1) is 21.5 Å². The Morgan fingerprint density at radius 2 is 1.65 bits per heavy atom. The number of fused-ring (bicyclic) bond motifs is 1. The number of hydrogen-bond acceptors (Lipinski definition) is 7. The summed E-state index contributed by atoms with van der Waals surface area (Å²) in [6.45, 7) is 0. The Labute approximate surface area is 193 Å². The van der Waals surface area contributed by atoms with E-state index >= 15 is 0 Å². The minimum atomic E-state index is 0.715. The van der Waals surface area contributed by atoms with Gasteiger partial charge in [-0.25, -0.2) is 4.98 Å². The first-order chi connectivity index (χ1) is 15.4. The molecule has 3 aromatic heterocycles. The van der Waals surface area contributed by atoms with Crippen molar-refractivity contribution in [3.8, 4) is 5.69 Å². The highest BCUT2D eigenvalue weighted by Gasteiger charge is 2.15. The molecule has 2 aromatic carbocycles. The van der Waals surface area contributed by atoms with E-state index < -0.39 is 0 Å². The maximum absolute atomic E-state index is 4.73. The zero-order chi connectivity index (χ0) is 20.9. The van der Waals surface area contributed by atoms with Crippen LogP contribution in [0, 0.1) is 0 Å². The van der Waals surface area contributed by atoms with Crippen LogP contribution in [0.4, 0.5) is 0 Å². The standard InChI is InChI=1S/C23H19N5S3/c1-2-6-18(7-3-1)28-21(16-30-23-25-19-8-4-5-9-20(19)31-23)26-27-22(28)29-15-12-17-10-13-24-14-11-17/h1-11,13-14H,12,15-16H2. The van der Waals surface area contributed by atoms with Crippen LogP contribution in [0.5, 0.6) is 0 Å². The summed E-state index contributed by atoms with van der Waals surface area (Å²) in [5.41, 5.74) is 3.41. The molecule has 0 aliphatic rings. The number of thiazole rings is 1. The van der Waals surface area contributed by atoms with Gasteiger partial charge < -0.3 is 0 Å². The molecule has 154 valence electrons. The number of thioether (sulfide) groups is 2. The molecular formula is C23H19N5S3. The van der Waals surface area contributed by atoms with Gasteiger partial charge >= 0.3 is 0 Å². The van der Waals surface area contributed by atoms with Gasteiger partial charge in [-0.2, -0.15) is 0 Å². The molecule has 0 atom stereocenters. The lowest BCUT2D eigenvalue weighted by molar-refractivity contribution is 0.863. The first kappa shape index (κ1) is 20.2. The van der Waals surface area contributed by atoms with Crippen molar-refractivity contribution in [2.45, 2.75) is 21.7 Å². The summed E-state index contributed by atoms with van der Waals surface area (Å²) in [4.78, 5) is 8.82. The Balaban J connectivity index is 1.35. The molecule has 0 N–H and O–H groups in total. The predicted octanol–water partition coefficient (Wildman–Crippen LogP) is 5.90. The predicted molar refractivity (Wildman–Crippen MR) is 129 cm³/mol. The fourth-order valence-electron chi connectivity index (χ4n) is 3.17. The van der Waals surface area contributed by atoms with Crippen LogP contribution in [-0.2, 0) is 12.2 Å². The molecule has 0 amide bonds. The van der Waals surface area contributed by atoms with Crippen LogP contribution in [-0.4, -0.2) is 30.5 Å². The molecular weight excluding hydrogens is 442 g/mol. The molecule has 0 aliphatic carbocycles. The summed E-state index contributed by atoms with van der Waals surface area (Å²) in [6.07, 6.45) is 4.64. The highest BCUT2D eigenvalue weighted by molar-refractivity contribution is 8.00. The van der Waals surface area contributed by atoms with Gasteiger partial charge in [0.2, 0.25) is 0 Å². The molecule has 0 unspecified atom stereocenters. The Hall–Kier alpha value is -2.68. The van der Waals surface area contributed by atoms with Crippen molar-refractivity contribution < 1.29 is 0 Å². The van der Waals surface area contributed by atoms with Crippen LogP contribution >= 0.6 is 34.9 Å². The normalized spacial score (nSPS) is 11.2. The van der Waals surface area contributed by atoms with Crippen LogP contribution in [0.3, 0.4) is 0 Å². The van der Waals surface area contributed by atoms with Crippen LogP contribution in [0.2, 0.25) is 0 Å². The van der Waals surface area contributed by atoms with E-state index in [1.807, 2.05) is 36.7 Å². The number of aromatic nitrogens is 5. The second kappa shape index (κ2) is 9.64. The Morgan fingerprint density at radius 3 is 2.48 bits per heavy atom. The second-order valence-corrected chi connectivity index (χ2v) is 10.1. The van der Waals surface area contributed by atoms with Crippen LogP contribution in [0.25, 0.3) is 15.9 Å². The molecule has 0 saturated heterocycles. The zero-order valence-corrected chi connectivity index (χ0v) is 19.0. The van der Waals surface area contributed by atoms with E-state index in [4.69, 9.17) is 4.98 Å². The van der Waals surface area contributed by atoms with Crippen molar-refractivity contribution >= 4 is 45.1 Å². The van der Waals surface area contributed by atoms with Crippen molar-refractivity contribution in [3.05, 3.63) is 90.5 Å². The number of pyridine rings is 1. The highest BCUT2D eigenvalue weighted by atomic mass is 32.2. The monoisotopic (exact) mass is 461 g/mol. The Kier molecular flexibility index (Phi) is 6.29. The molecule has 0 spiro atoms. The number of hydrogen-bond donors (Lipinski definition) is 0. The van der Waals surface area contributed by atoms with Gasteiger partial charge in [0.05, 0.1) is 16.0 Å². The second-order valence-electron chi connectivity index (χ2n) is 6.76. The van der Waals surface area contributed by atoms with Gasteiger partial charge in [-0.3, -0.25) is 9.55 Å². The number of aryl methyl sites for hydroxylation is 1. The van der Waals surface area contributed by atoms with E-state index in [1.165, 1.54) is 10.3 Å². The van der Waals surface area contributed by atoms with Gasteiger partial charge in [-0.1, -0.05) is 53.9 Å². The van der Waals surface area contributed by atoms with Crippen LogP contribution in [0.15, 0.2) is 88.6 Å². The third-order valence-electron chi connectivity index (χ3n) is 4.69. The quantitative estimate of drug-likeness (QED) is 0.268. The molecule has 8 heteroatoms. The fourth-order valence-corrected chi connectivity index (χ4v) is 6.11. The van der Waals surface area contributed by atoms with E-state index in [9.17, 15) is 0 Å². The van der Waals surface area contributed by atoms with Gasteiger partial charge in [-0.05, 0) is 48.4 Å². The fraction of sp³-hybridized carbons (Fsp3) is 0.130. The van der Waals surface area contributed by atoms with Crippen LogP contribution < -0.4 is 0 Å². The number of nitrogens with zero attached hydrogens (tertiary/aromatic N) is 5. The largest absolute Gasteiger partial charge is 0.273 e. The molecule has 0 aliphatic heterocycles. The lowest BCUT2D eigenvalue weighted by Crippen LogP contribution is -2.02. The van der Waals surface area contributed by atoms with E-state index in [2.05, 4.69) is 62.2 Å². The lowest BCUT2D eigenvalue weighted by Gasteiger charge is -2.09. The van der Waals surface area contributed by atoms with Crippen molar-refractivity contribution in [2.24, 2.45) is 0 Å². The maximum atomic E-state index is 4.73. The summed E-state index contributed by atoms with van der Waals surface area (Å²) < 4.78 is 4.43. The average Bonchev–Trinajstić information content (AvgIpc) is 3.42. The van der Waals surface area contributed by atoms with Crippen molar-refractivity contribution in [1.82, 2.24) is 24.7 Å². The first-order valence-electron chi connectivity index (χ1n) is 9.86. The summed E-state index contributed by atoms with van der Waals surface area (Å²) in [5, 5.41) is 9.95. The van der Waals surface area contributed by atoms with Gasteiger partial charge in [0.15, 0.2) is 9.50 Å². The molecule has 5 aromatic rings. The van der Waals surface area contributed by atoms with E-state index in [0.717, 1.165) is 38.7 Å². The summed E-state index contributed by atoms with van der Waals surface area (Å²) in [6, 6.07) is 22.7. The maximum Gasteiger partial charge on any atom is 0.195 e. The van der Waals surface area contributed by atoms with Gasteiger partial charge in [0.25, 0.3) is 0 Å². The van der Waals surface area contributed by atoms with Crippen LogP contribution in [0.1, 0.15) is 11.4 Å². The topological polar surface area (TPSA) is 56.5 Å². The van der Waals surface area contributed by atoms with Crippen molar-refractivity contribution in [2.75, 3.05) is 5.75 Å². The summed E-state index contributed by atoms with van der Waals surface area (Å²) >= 11 is 5.16. The van der Waals surface area contributed by atoms with E-state index in [-0.39, 0.29) is 0 Å².